The minimum Gasteiger partial charge on any atom is -0.382 e. The number of hydrogen-bond acceptors (Lipinski definition) is 8. The molecule has 4 rings (SSSR count). The van der Waals surface area contributed by atoms with Crippen molar-refractivity contribution in [2.24, 2.45) is 0 Å². The summed E-state index contributed by atoms with van der Waals surface area (Å²) in [7, 11) is 3.91. The van der Waals surface area contributed by atoms with Gasteiger partial charge in [-0.2, -0.15) is 0 Å². The molecule has 0 fully saturated rings. The van der Waals surface area contributed by atoms with E-state index < -0.39 is 5.82 Å². The number of nitrogens with zero attached hydrogens (tertiary/aromatic N) is 7. The number of fused-ring (bicyclic) bond motifs is 1. The second-order valence-electron chi connectivity index (χ2n) is 6.76. The molecule has 144 valence electrons. The van der Waals surface area contributed by atoms with Crippen LogP contribution < -0.4 is 5.73 Å². The maximum absolute atomic E-state index is 13.7. The van der Waals surface area contributed by atoms with Gasteiger partial charge in [-0.3, -0.25) is 4.98 Å². The summed E-state index contributed by atoms with van der Waals surface area (Å²) in [5, 5.41) is 4.09. The highest BCUT2D eigenvalue weighted by atomic mass is 19.1. The normalized spacial score (nSPS) is 11.6. The topological polar surface area (TPSA) is 112 Å². The van der Waals surface area contributed by atoms with E-state index in [0.717, 1.165) is 11.9 Å². The van der Waals surface area contributed by atoms with E-state index in [2.05, 4.69) is 25.1 Å². The Bertz CT molecular complexity index is 1150. The fourth-order valence-corrected chi connectivity index (χ4v) is 3.02. The predicted molar refractivity (Wildman–Crippen MR) is 101 cm³/mol. The molecule has 0 aliphatic heterocycles. The van der Waals surface area contributed by atoms with E-state index in [4.69, 9.17) is 10.3 Å². The lowest BCUT2D eigenvalue weighted by Gasteiger charge is -2.07. The van der Waals surface area contributed by atoms with Gasteiger partial charge in [0.15, 0.2) is 22.7 Å². The molecule has 0 amide bonds. The first-order valence-corrected chi connectivity index (χ1v) is 8.61. The Hall–Kier alpha value is -3.40. The lowest BCUT2D eigenvalue weighted by atomic mass is 10.2. The number of aryl methyl sites for hydroxylation is 1. The number of nitrogens with two attached hydrogens (primary N) is 1. The van der Waals surface area contributed by atoms with Crippen molar-refractivity contribution < 1.29 is 8.91 Å². The van der Waals surface area contributed by atoms with Gasteiger partial charge in [-0.05, 0) is 27.1 Å². The Kier molecular flexibility index (Phi) is 4.47. The van der Waals surface area contributed by atoms with Crippen molar-refractivity contribution in [1.29, 1.82) is 0 Å². The molecule has 4 heterocycles. The molecular formula is C18H19FN8O. The molecule has 0 bridgehead atoms. The zero-order chi connectivity index (χ0) is 19.8. The molecule has 0 aliphatic carbocycles. The molecular weight excluding hydrogens is 363 g/mol. The predicted octanol–water partition coefficient (Wildman–Crippen LogP) is 2.02. The summed E-state index contributed by atoms with van der Waals surface area (Å²) >= 11 is 0. The van der Waals surface area contributed by atoms with E-state index in [1.54, 1.807) is 11.5 Å². The Labute approximate surface area is 160 Å². The molecule has 0 unspecified atom stereocenters. The lowest BCUT2D eigenvalue weighted by Crippen LogP contribution is -2.10. The van der Waals surface area contributed by atoms with Gasteiger partial charge < -0.3 is 19.7 Å². The van der Waals surface area contributed by atoms with Crippen molar-refractivity contribution in [2.75, 3.05) is 19.8 Å². The summed E-state index contributed by atoms with van der Waals surface area (Å²) in [4.78, 5) is 19.1. The van der Waals surface area contributed by atoms with Crippen LogP contribution >= 0.6 is 0 Å². The van der Waals surface area contributed by atoms with E-state index in [0.29, 0.717) is 47.2 Å². The number of rotatable bonds is 5. The van der Waals surface area contributed by atoms with Crippen LogP contribution in [0.1, 0.15) is 17.3 Å². The summed E-state index contributed by atoms with van der Waals surface area (Å²) in [6.45, 7) is 2.71. The monoisotopic (exact) mass is 382 g/mol. The van der Waals surface area contributed by atoms with Gasteiger partial charge in [0.05, 0.1) is 18.4 Å². The first-order chi connectivity index (χ1) is 13.4. The quantitative estimate of drug-likeness (QED) is 0.558. The molecule has 0 atom stereocenters. The summed E-state index contributed by atoms with van der Waals surface area (Å²) in [6, 6.07) is 3.23. The lowest BCUT2D eigenvalue weighted by molar-refractivity contribution is 0.346. The number of nitrogen functional groups attached to an aromatic ring is 1. The average Bonchev–Trinajstić information content (AvgIpc) is 3.20. The zero-order valence-corrected chi connectivity index (χ0v) is 15.7. The Morgan fingerprint density at radius 1 is 1.18 bits per heavy atom. The van der Waals surface area contributed by atoms with E-state index in [1.807, 2.05) is 25.1 Å². The molecule has 0 saturated heterocycles. The molecule has 4 aromatic rings. The second kappa shape index (κ2) is 6.97. The highest BCUT2D eigenvalue weighted by Crippen LogP contribution is 2.27. The second-order valence-corrected chi connectivity index (χ2v) is 6.76. The number of anilines is 1. The van der Waals surface area contributed by atoms with Gasteiger partial charge in [-0.1, -0.05) is 5.16 Å². The van der Waals surface area contributed by atoms with Gasteiger partial charge in [0.25, 0.3) is 0 Å². The van der Waals surface area contributed by atoms with Crippen LogP contribution in [0, 0.1) is 12.7 Å². The zero-order valence-electron chi connectivity index (χ0n) is 15.7. The highest BCUT2D eigenvalue weighted by molar-refractivity contribution is 5.85. The SMILES string of the molecule is Cc1nc(N)c2nc(-c3cncc(F)c3)n(Cc3cc(CN(C)C)no3)c2n1. The van der Waals surface area contributed by atoms with Gasteiger partial charge in [-0.15, -0.1) is 0 Å². The van der Waals surface area contributed by atoms with Crippen LogP contribution in [-0.4, -0.2) is 48.7 Å². The third-order valence-electron chi connectivity index (χ3n) is 4.10. The number of pyridine rings is 1. The smallest absolute Gasteiger partial charge is 0.166 e. The molecule has 10 heteroatoms. The Morgan fingerprint density at radius 2 is 2.00 bits per heavy atom. The van der Waals surface area contributed by atoms with Crippen molar-refractivity contribution >= 4 is 17.0 Å². The molecule has 0 spiro atoms. The number of aromatic nitrogens is 6. The van der Waals surface area contributed by atoms with Crippen molar-refractivity contribution in [3.8, 4) is 11.4 Å². The first-order valence-electron chi connectivity index (χ1n) is 8.61. The van der Waals surface area contributed by atoms with Crippen LogP contribution in [0.25, 0.3) is 22.6 Å². The fourth-order valence-electron chi connectivity index (χ4n) is 3.02. The van der Waals surface area contributed by atoms with Crippen LogP contribution in [0.15, 0.2) is 29.0 Å². The van der Waals surface area contributed by atoms with Crippen molar-refractivity contribution in [1.82, 2.24) is 34.6 Å². The number of imidazole rings is 1. The van der Waals surface area contributed by atoms with Gasteiger partial charge in [-0.25, -0.2) is 19.3 Å². The number of halogens is 1. The van der Waals surface area contributed by atoms with Gasteiger partial charge in [0.1, 0.15) is 17.5 Å². The van der Waals surface area contributed by atoms with Crippen molar-refractivity contribution in [2.45, 2.75) is 20.0 Å². The standard InChI is InChI=1S/C18H19FN8O/c1-10-22-16(20)15-18(23-10)27(9-14-5-13(25-28-14)8-26(2)3)17(24-15)11-4-12(19)7-21-6-11/h4-7H,8-9H2,1-3H3,(H2,20,22,23). The minimum atomic E-state index is -0.459. The fraction of sp³-hybridized carbons (Fsp3) is 0.278. The molecule has 9 nitrogen and oxygen atoms in total. The molecule has 28 heavy (non-hydrogen) atoms. The number of hydrogen-bond donors (Lipinski definition) is 1. The van der Waals surface area contributed by atoms with Crippen LogP contribution in [-0.2, 0) is 13.1 Å². The minimum absolute atomic E-state index is 0.262. The van der Waals surface area contributed by atoms with Crippen LogP contribution in [0.3, 0.4) is 0 Å². The van der Waals surface area contributed by atoms with Crippen LogP contribution in [0.4, 0.5) is 10.2 Å². The molecule has 0 aromatic carbocycles. The van der Waals surface area contributed by atoms with Crippen molar-refractivity contribution in [3.63, 3.8) is 0 Å². The molecule has 0 radical (unpaired) electrons. The Balaban J connectivity index is 1.85. The summed E-state index contributed by atoms with van der Waals surface area (Å²) in [6.07, 6.45) is 2.67. The van der Waals surface area contributed by atoms with E-state index in [9.17, 15) is 4.39 Å². The third kappa shape index (κ3) is 3.41. The maximum atomic E-state index is 13.7. The molecule has 0 saturated carbocycles. The first kappa shape index (κ1) is 18.0. The summed E-state index contributed by atoms with van der Waals surface area (Å²) in [5.41, 5.74) is 8.33. The largest absolute Gasteiger partial charge is 0.382 e. The molecule has 2 N–H and O–H groups in total. The van der Waals surface area contributed by atoms with E-state index in [1.165, 1.54) is 12.3 Å². The van der Waals surface area contributed by atoms with E-state index >= 15 is 0 Å². The summed E-state index contributed by atoms with van der Waals surface area (Å²) < 4.78 is 21.0. The molecule has 4 aromatic heterocycles. The van der Waals surface area contributed by atoms with Crippen LogP contribution in [0.2, 0.25) is 0 Å². The van der Waals surface area contributed by atoms with E-state index in [-0.39, 0.29) is 5.82 Å². The Morgan fingerprint density at radius 3 is 2.75 bits per heavy atom. The maximum Gasteiger partial charge on any atom is 0.166 e. The van der Waals surface area contributed by atoms with Gasteiger partial charge >= 0.3 is 0 Å². The van der Waals surface area contributed by atoms with Gasteiger partial charge in [0.2, 0.25) is 0 Å². The highest BCUT2D eigenvalue weighted by Gasteiger charge is 2.19. The molecule has 0 aliphatic rings. The van der Waals surface area contributed by atoms with Crippen LogP contribution in [0.5, 0.6) is 0 Å². The summed E-state index contributed by atoms with van der Waals surface area (Å²) in [5.74, 6) is 1.41. The van der Waals surface area contributed by atoms with Crippen molar-refractivity contribution in [3.05, 3.63) is 47.6 Å². The third-order valence-corrected chi connectivity index (χ3v) is 4.10. The van der Waals surface area contributed by atoms with Gasteiger partial charge in [0, 0.05) is 24.4 Å². The average molecular weight is 382 g/mol.